The first-order valence-corrected chi connectivity index (χ1v) is 9.31. The topological polar surface area (TPSA) is 68.5 Å². The monoisotopic (exact) mass is 365 g/mol. The lowest BCUT2D eigenvalue weighted by atomic mass is 10.00. The Bertz CT molecular complexity index is 978. The van der Waals surface area contributed by atoms with E-state index in [0.717, 1.165) is 30.7 Å². The van der Waals surface area contributed by atoms with E-state index >= 15 is 0 Å². The average molecular weight is 365 g/mol. The fraction of sp³-hybridized carbons (Fsp3) is 0.381. The van der Waals surface area contributed by atoms with Crippen molar-refractivity contribution in [3.8, 4) is 17.0 Å². The molecule has 0 unspecified atom stereocenters. The number of benzene rings is 1. The number of hydrogen-bond acceptors (Lipinski definition) is 5. The van der Waals surface area contributed by atoms with Gasteiger partial charge >= 0.3 is 0 Å². The molecular formula is C21H23N3O3. The molecule has 1 aliphatic rings. The summed E-state index contributed by atoms with van der Waals surface area (Å²) < 4.78 is 10.6. The number of carbonyl (C=O) groups is 1. The third kappa shape index (κ3) is 3.16. The summed E-state index contributed by atoms with van der Waals surface area (Å²) in [6, 6.07) is 9.70. The Morgan fingerprint density at radius 1 is 1.26 bits per heavy atom. The second kappa shape index (κ2) is 7.02. The van der Waals surface area contributed by atoms with Crippen LogP contribution in [-0.4, -0.2) is 40.6 Å². The van der Waals surface area contributed by atoms with E-state index in [1.165, 1.54) is 6.42 Å². The van der Waals surface area contributed by atoms with Gasteiger partial charge < -0.3 is 14.2 Å². The molecule has 1 amide bonds. The maximum absolute atomic E-state index is 13.4. The lowest BCUT2D eigenvalue weighted by Gasteiger charge is -2.33. The summed E-state index contributed by atoms with van der Waals surface area (Å²) in [7, 11) is 1.63. The highest BCUT2D eigenvalue weighted by Crippen LogP contribution is 2.30. The van der Waals surface area contributed by atoms with Gasteiger partial charge in [-0.05, 0) is 63.4 Å². The van der Waals surface area contributed by atoms with E-state index in [4.69, 9.17) is 9.26 Å². The third-order valence-corrected chi connectivity index (χ3v) is 5.30. The van der Waals surface area contributed by atoms with Crippen molar-refractivity contribution in [1.29, 1.82) is 0 Å². The van der Waals surface area contributed by atoms with Gasteiger partial charge in [0.05, 0.1) is 29.4 Å². The summed E-state index contributed by atoms with van der Waals surface area (Å²) in [5.74, 6) is 0.796. The van der Waals surface area contributed by atoms with Gasteiger partial charge in [-0.1, -0.05) is 5.16 Å². The first kappa shape index (κ1) is 17.5. The molecule has 6 heteroatoms. The van der Waals surface area contributed by atoms with Crippen molar-refractivity contribution in [2.24, 2.45) is 0 Å². The molecule has 6 nitrogen and oxygen atoms in total. The molecule has 1 saturated heterocycles. The van der Waals surface area contributed by atoms with Crippen molar-refractivity contribution < 1.29 is 14.1 Å². The average Bonchev–Trinajstić information content (AvgIpc) is 3.08. The zero-order valence-corrected chi connectivity index (χ0v) is 15.9. The molecule has 0 N–H and O–H groups in total. The van der Waals surface area contributed by atoms with Crippen LogP contribution in [0, 0.1) is 6.92 Å². The summed E-state index contributed by atoms with van der Waals surface area (Å²) in [6.07, 6.45) is 3.24. The summed E-state index contributed by atoms with van der Waals surface area (Å²) in [5, 5.41) is 4.74. The molecule has 3 heterocycles. The van der Waals surface area contributed by atoms with Crippen molar-refractivity contribution in [3.05, 3.63) is 41.6 Å². The number of piperidine rings is 1. The number of likely N-dealkylation sites (tertiary alicyclic amines) is 1. The molecule has 3 aromatic rings. The molecule has 0 radical (unpaired) electrons. The maximum atomic E-state index is 13.4. The van der Waals surface area contributed by atoms with Gasteiger partial charge in [0.25, 0.3) is 11.6 Å². The van der Waals surface area contributed by atoms with Crippen LogP contribution in [0.1, 0.15) is 42.2 Å². The Labute approximate surface area is 158 Å². The van der Waals surface area contributed by atoms with Crippen LogP contribution < -0.4 is 4.74 Å². The molecule has 0 saturated carbocycles. The number of fused-ring (bicyclic) bond motifs is 1. The molecule has 2 aromatic heterocycles. The van der Waals surface area contributed by atoms with E-state index in [1.54, 1.807) is 7.11 Å². The number of nitrogens with zero attached hydrogens (tertiary/aromatic N) is 3. The second-order valence-electron chi connectivity index (χ2n) is 7.08. The Kier molecular flexibility index (Phi) is 4.56. The fourth-order valence-electron chi connectivity index (χ4n) is 3.73. The number of hydrogen-bond donors (Lipinski definition) is 0. The lowest BCUT2D eigenvalue weighted by Crippen LogP contribution is -2.42. The molecule has 140 valence electrons. The number of ether oxygens (including phenoxy) is 1. The molecule has 1 fully saturated rings. The van der Waals surface area contributed by atoms with Gasteiger partial charge in [-0.15, -0.1) is 0 Å². The van der Waals surface area contributed by atoms with E-state index < -0.39 is 0 Å². The van der Waals surface area contributed by atoms with Crippen molar-refractivity contribution >= 4 is 17.0 Å². The molecule has 1 atom stereocenters. The summed E-state index contributed by atoms with van der Waals surface area (Å²) >= 11 is 0. The van der Waals surface area contributed by atoms with Crippen LogP contribution in [0.3, 0.4) is 0 Å². The maximum Gasteiger partial charge on any atom is 0.259 e. The summed E-state index contributed by atoms with van der Waals surface area (Å²) in [6.45, 7) is 4.74. The van der Waals surface area contributed by atoms with Crippen LogP contribution in [0.25, 0.3) is 22.4 Å². The minimum absolute atomic E-state index is 0.0238. The van der Waals surface area contributed by atoms with Crippen LogP contribution in [0.15, 0.2) is 34.9 Å². The number of amides is 1. The molecule has 1 aromatic carbocycles. The summed E-state index contributed by atoms with van der Waals surface area (Å²) in [4.78, 5) is 19.9. The minimum atomic E-state index is 0.0238. The quantitative estimate of drug-likeness (QED) is 0.695. The first-order chi connectivity index (χ1) is 13.1. The Morgan fingerprint density at radius 2 is 2.04 bits per heavy atom. The zero-order chi connectivity index (χ0) is 19.0. The lowest BCUT2D eigenvalue weighted by molar-refractivity contribution is 0.0637. The van der Waals surface area contributed by atoms with Gasteiger partial charge in [-0.2, -0.15) is 0 Å². The molecule has 1 aliphatic heterocycles. The van der Waals surface area contributed by atoms with Crippen molar-refractivity contribution in [3.63, 3.8) is 0 Å². The normalized spacial score (nSPS) is 17.3. The minimum Gasteiger partial charge on any atom is -0.497 e. The van der Waals surface area contributed by atoms with Gasteiger partial charge in [0.2, 0.25) is 0 Å². The zero-order valence-electron chi connectivity index (χ0n) is 15.9. The first-order valence-electron chi connectivity index (χ1n) is 9.31. The third-order valence-electron chi connectivity index (χ3n) is 5.30. The van der Waals surface area contributed by atoms with E-state index in [0.29, 0.717) is 28.1 Å². The number of aryl methyl sites for hydroxylation is 1. The standard InChI is InChI=1S/C21H23N3O3/c1-13-6-4-5-11-24(13)21(25)17-12-18(15-7-9-16(26-3)10-8-15)22-20-19(17)14(2)23-27-20/h7-10,12-13H,4-6,11H2,1-3H3/t13-/m1/s1. The van der Waals surface area contributed by atoms with Crippen molar-refractivity contribution in [2.45, 2.75) is 39.2 Å². The van der Waals surface area contributed by atoms with Crippen LogP contribution >= 0.6 is 0 Å². The molecule has 0 aliphatic carbocycles. The van der Waals surface area contributed by atoms with Crippen molar-refractivity contribution in [2.75, 3.05) is 13.7 Å². The predicted molar refractivity (Wildman–Crippen MR) is 103 cm³/mol. The highest BCUT2D eigenvalue weighted by atomic mass is 16.5. The highest BCUT2D eigenvalue weighted by molar-refractivity contribution is 6.07. The largest absolute Gasteiger partial charge is 0.497 e. The Morgan fingerprint density at radius 3 is 2.74 bits per heavy atom. The van der Waals surface area contributed by atoms with Gasteiger partial charge in [-0.25, -0.2) is 4.98 Å². The smallest absolute Gasteiger partial charge is 0.259 e. The highest BCUT2D eigenvalue weighted by Gasteiger charge is 2.28. The number of carbonyl (C=O) groups excluding carboxylic acids is 1. The molecule has 27 heavy (non-hydrogen) atoms. The fourth-order valence-corrected chi connectivity index (χ4v) is 3.73. The van der Waals surface area contributed by atoms with Gasteiger partial charge in [0.1, 0.15) is 5.75 Å². The van der Waals surface area contributed by atoms with Gasteiger partial charge in [0.15, 0.2) is 0 Å². The summed E-state index contributed by atoms with van der Waals surface area (Å²) in [5.41, 5.74) is 3.28. The van der Waals surface area contributed by atoms with Crippen LogP contribution in [0.5, 0.6) is 5.75 Å². The molecular weight excluding hydrogens is 342 g/mol. The van der Waals surface area contributed by atoms with E-state index in [1.807, 2.05) is 42.2 Å². The molecule has 0 bridgehead atoms. The predicted octanol–water partition coefficient (Wildman–Crippen LogP) is 4.22. The van der Waals surface area contributed by atoms with E-state index in [2.05, 4.69) is 17.1 Å². The Balaban J connectivity index is 1.82. The van der Waals surface area contributed by atoms with Gasteiger partial charge in [0, 0.05) is 18.2 Å². The SMILES string of the molecule is COc1ccc(-c2cc(C(=O)N3CCCC[C@H]3C)c3c(C)noc3n2)cc1. The number of aromatic nitrogens is 2. The second-order valence-corrected chi connectivity index (χ2v) is 7.08. The van der Waals surface area contributed by atoms with Gasteiger partial charge in [-0.3, -0.25) is 4.79 Å². The van der Waals surface area contributed by atoms with Crippen LogP contribution in [0.4, 0.5) is 0 Å². The number of rotatable bonds is 3. The van der Waals surface area contributed by atoms with Crippen LogP contribution in [0.2, 0.25) is 0 Å². The van der Waals surface area contributed by atoms with E-state index in [9.17, 15) is 4.79 Å². The molecule has 4 rings (SSSR count). The van der Waals surface area contributed by atoms with Crippen molar-refractivity contribution in [1.82, 2.24) is 15.0 Å². The number of methoxy groups -OCH3 is 1. The molecule has 0 spiro atoms. The van der Waals surface area contributed by atoms with E-state index in [-0.39, 0.29) is 11.9 Å². The number of pyridine rings is 1. The van der Waals surface area contributed by atoms with Crippen LogP contribution in [-0.2, 0) is 0 Å². The Hall–Kier alpha value is -2.89.